The Bertz CT molecular complexity index is 204. The van der Waals surface area contributed by atoms with Gasteiger partial charge >= 0.3 is 0 Å². The summed E-state index contributed by atoms with van der Waals surface area (Å²) in [7, 11) is 0. The van der Waals surface area contributed by atoms with Gasteiger partial charge in [0, 0.05) is 18.9 Å². The molecule has 80 valence electrons. The van der Waals surface area contributed by atoms with Crippen LogP contribution >= 0.6 is 0 Å². The standard InChI is InChI=1S/C12H20O2/c1-2-13-12-9-8-11(14-12)10-6-4-3-5-7-10/h8,10,12H,2-7,9H2,1H3. The van der Waals surface area contributed by atoms with Crippen LogP contribution in [0.15, 0.2) is 11.8 Å². The van der Waals surface area contributed by atoms with E-state index in [1.165, 1.54) is 37.9 Å². The molecule has 14 heavy (non-hydrogen) atoms. The Morgan fingerprint density at radius 2 is 2.14 bits per heavy atom. The number of hydrogen-bond acceptors (Lipinski definition) is 2. The third-order valence-corrected chi connectivity index (χ3v) is 3.14. The topological polar surface area (TPSA) is 18.5 Å². The summed E-state index contributed by atoms with van der Waals surface area (Å²) >= 11 is 0. The van der Waals surface area contributed by atoms with Gasteiger partial charge in [-0.15, -0.1) is 0 Å². The molecule has 0 aromatic heterocycles. The summed E-state index contributed by atoms with van der Waals surface area (Å²) in [5, 5.41) is 0. The normalized spacial score (nSPS) is 28.6. The Hall–Kier alpha value is -0.500. The minimum Gasteiger partial charge on any atom is -0.469 e. The van der Waals surface area contributed by atoms with Gasteiger partial charge in [0.2, 0.25) is 6.29 Å². The van der Waals surface area contributed by atoms with Gasteiger partial charge in [0.1, 0.15) is 0 Å². The molecule has 2 aliphatic rings. The predicted octanol–water partition coefficient (Wildman–Crippen LogP) is 3.23. The minimum absolute atomic E-state index is 0.0110. The molecular formula is C12H20O2. The maximum Gasteiger partial charge on any atom is 0.202 e. The fourth-order valence-electron chi connectivity index (χ4n) is 2.40. The lowest BCUT2D eigenvalue weighted by Gasteiger charge is -2.23. The van der Waals surface area contributed by atoms with Crippen LogP contribution in [-0.2, 0) is 9.47 Å². The second kappa shape index (κ2) is 4.83. The number of allylic oxidation sites excluding steroid dienone is 1. The van der Waals surface area contributed by atoms with Gasteiger partial charge < -0.3 is 9.47 Å². The first-order valence-electron chi connectivity index (χ1n) is 5.88. The van der Waals surface area contributed by atoms with Crippen LogP contribution < -0.4 is 0 Å². The van der Waals surface area contributed by atoms with Crippen molar-refractivity contribution in [3.63, 3.8) is 0 Å². The Kier molecular flexibility index (Phi) is 3.46. The van der Waals surface area contributed by atoms with E-state index in [0.717, 1.165) is 13.0 Å². The van der Waals surface area contributed by atoms with Gasteiger partial charge in [-0.3, -0.25) is 0 Å². The molecule has 2 nitrogen and oxygen atoms in total. The molecule has 1 aliphatic carbocycles. The van der Waals surface area contributed by atoms with Gasteiger partial charge in [0.15, 0.2) is 0 Å². The zero-order valence-corrected chi connectivity index (χ0v) is 9.00. The fourth-order valence-corrected chi connectivity index (χ4v) is 2.40. The maximum atomic E-state index is 5.78. The van der Waals surface area contributed by atoms with E-state index in [9.17, 15) is 0 Å². The lowest BCUT2D eigenvalue weighted by Crippen LogP contribution is -2.15. The minimum atomic E-state index is 0.0110. The van der Waals surface area contributed by atoms with E-state index >= 15 is 0 Å². The zero-order valence-electron chi connectivity index (χ0n) is 9.00. The molecule has 2 rings (SSSR count). The molecule has 1 saturated carbocycles. The number of ether oxygens (including phenoxy) is 2. The molecule has 1 unspecified atom stereocenters. The summed E-state index contributed by atoms with van der Waals surface area (Å²) in [6.07, 6.45) is 9.94. The van der Waals surface area contributed by atoms with Crippen LogP contribution in [0.4, 0.5) is 0 Å². The number of hydrogen-bond donors (Lipinski definition) is 0. The smallest absolute Gasteiger partial charge is 0.202 e. The van der Waals surface area contributed by atoms with E-state index in [-0.39, 0.29) is 6.29 Å². The summed E-state index contributed by atoms with van der Waals surface area (Å²) in [6.45, 7) is 2.76. The van der Waals surface area contributed by atoms with E-state index in [1.54, 1.807) is 0 Å². The lowest BCUT2D eigenvalue weighted by molar-refractivity contribution is -0.103. The highest BCUT2D eigenvalue weighted by atomic mass is 16.7. The van der Waals surface area contributed by atoms with Crippen LogP contribution in [0.1, 0.15) is 45.4 Å². The van der Waals surface area contributed by atoms with E-state index in [0.29, 0.717) is 5.92 Å². The summed E-state index contributed by atoms with van der Waals surface area (Å²) in [5.74, 6) is 1.90. The van der Waals surface area contributed by atoms with Crippen molar-refractivity contribution in [2.45, 2.75) is 51.7 Å². The maximum absolute atomic E-state index is 5.78. The molecule has 0 saturated heterocycles. The lowest BCUT2D eigenvalue weighted by atomic mass is 9.88. The summed E-state index contributed by atoms with van der Waals surface area (Å²) in [6, 6.07) is 0. The first kappa shape index (κ1) is 10.0. The van der Waals surface area contributed by atoms with Gasteiger partial charge in [-0.05, 0) is 25.8 Å². The van der Waals surface area contributed by atoms with Crippen molar-refractivity contribution in [2.24, 2.45) is 5.92 Å². The first-order valence-corrected chi connectivity index (χ1v) is 5.88. The van der Waals surface area contributed by atoms with Gasteiger partial charge in [-0.25, -0.2) is 0 Å². The molecular weight excluding hydrogens is 176 g/mol. The second-order valence-corrected chi connectivity index (χ2v) is 4.18. The molecule has 0 radical (unpaired) electrons. The van der Waals surface area contributed by atoms with Crippen molar-refractivity contribution in [1.29, 1.82) is 0 Å². The third kappa shape index (κ3) is 2.30. The SMILES string of the molecule is CCOC1CC=C(C2CCCCC2)O1. The first-order chi connectivity index (χ1) is 6.90. The largest absolute Gasteiger partial charge is 0.469 e. The fraction of sp³-hybridized carbons (Fsp3) is 0.833. The molecule has 2 heteroatoms. The van der Waals surface area contributed by atoms with E-state index in [1.807, 2.05) is 6.92 Å². The Balaban J connectivity index is 1.81. The average Bonchev–Trinajstić information content (AvgIpc) is 2.68. The summed E-state index contributed by atoms with van der Waals surface area (Å²) in [5.41, 5.74) is 0. The second-order valence-electron chi connectivity index (χ2n) is 4.18. The molecule has 1 heterocycles. The average molecular weight is 196 g/mol. The van der Waals surface area contributed by atoms with Gasteiger partial charge in [-0.2, -0.15) is 0 Å². The van der Waals surface area contributed by atoms with Crippen LogP contribution in [-0.4, -0.2) is 12.9 Å². The van der Waals surface area contributed by atoms with Crippen molar-refractivity contribution in [1.82, 2.24) is 0 Å². The number of rotatable bonds is 3. The van der Waals surface area contributed by atoms with Gasteiger partial charge in [0.25, 0.3) is 0 Å². The molecule has 0 N–H and O–H groups in total. The van der Waals surface area contributed by atoms with E-state index in [2.05, 4.69) is 6.08 Å². The highest BCUT2D eigenvalue weighted by molar-refractivity contribution is 5.05. The van der Waals surface area contributed by atoms with Gasteiger partial charge in [-0.1, -0.05) is 19.3 Å². The Labute approximate surface area is 86.3 Å². The molecule has 1 aliphatic heterocycles. The molecule has 0 spiro atoms. The third-order valence-electron chi connectivity index (χ3n) is 3.14. The van der Waals surface area contributed by atoms with E-state index < -0.39 is 0 Å². The van der Waals surface area contributed by atoms with Crippen molar-refractivity contribution in [3.8, 4) is 0 Å². The summed E-state index contributed by atoms with van der Waals surface area (Å²) < 4.78 is 11.2. The van der Waals surface area contributed by atoms with Crippen LogP contribution in [0.5, 0.6) is 0 Å². The van der Waals surface area contributed by atoms with Gasteiger partial charge in [0.05, 0.1) is 5.76 Å². The van der Waals surface area contributed by atoms with E-state index in [4.69, 9.17) is 9.47 Å². The highest BCUT2D eigenvalue weighted by Gasteiger charge is 2.25. The molecule has 1 fully saturated rings. The summed E-state index contributed by atoms with van der Waals surface area (Å²) in [4.78, 5) is 0. The molecule has 0 bridgehead atoms. The predicted molar refractivity (Wildman–Crippen MR) is 55.8 cm³/mol. The quantitative estimate of drug-likeness (QED) is 0.690. The van der Waals surface area contributed by atoms with Crippen LogP contribution in [0.25, 0.3) is 0 Å². The van der Waals surface area contributed by atoms with Crippen molar-refractivity contribution in [2.75, 3.05) is 6.61 Å². The van der Waals surface area contributed by atoms with Crippen molar-refractivity contribution < 1.29 is 9.47 Å². The molecule has 0 aromatic rings. The monoisotopic (exact) mass is 196 g/mol. The molecule has 1 atom stereocenters. The Morgan fingerprint density at radius 1 is 1.36 bits per heavy atom. The van der Waals surface area contributed by atoms with Crippen LogP contribution in [0.3, 0.4) is 0 Å². The van der Waals surface area contributed by atoms with Crippen LogP contribution in [0, 0.1) is 5.92 Å². The molecule has 0 amide bonds. The Morgan fingerprint density at radius 3 is 2.86 bits per heavy atom. The zero-order chi connectivity index (χ0) is 9.80. The van der Waals surface area contributed by atoms with Crippen LogP contribution in [0.2, 0.25) is 0 Å². The van der Waals surface area contributed by atoms with Crippen molar-refractivity contribution >= 4 is 0 Å². The van der Waals surface area contributed by atoms with Crippen molar-refractivity contribution in [3.05, 3.63) is 11.8 Å². The molecule has 0 aromatic carbocycles. The highest BCUT2D eigenvalue weighted by Crippen LogP contribution is 2.34.